The molecule has 2 aromatic rings. The number of nitrogen functional groups attached to an aromatic ring is 1. The average molecular weight is 282 g/mol. The van der Waals surface area contributed by atoms with Crippen molar-refractivity contribution < 1.29 is 18.4 Å². The number of halogens is 2. The molecular weight excluding hydrogens is 274 g/mol. The molecule has 0 atom stereocenters. The highest BCUT2D eigenvalue weighted by atomic mass is 19.1. The van der Waals surface area contributed by atoms with Crippen molar-refractivity contribution in [2.75, 3.05) is 5.73 Å². The van der Waals surface area contributed by atoms with Gasteiger partial charge in [0, 0.05) is 6.07 Å². The van der Waals surface area contributed by atoms with E-state index in [1.807, 2.05) is 0 Å². The number of benzene rings is 1. The third kappa shape index (κ3) is 2.60. The molecule has 7 nitrogen and oxygen atoms in total. The molecule has 1 heterocycles. The average Bonchev–Trinajstić information content (AvgIpc) is 2.32. The third-order valence-electron chi connectivity index (χ3n) is 2.33. The van der Waals surface area contributed by atoms with Crippen LogP contribution in [0.25, 0.3) is 0 Å². The van der Waals surface area contributed by atoms with Gasteiger partial charge in [-0.2, -0.15) is 4.98 Å². The Morgan fingerprint density at radius 1 is 1.35 bits per heavy atom. The number of hydrogen-bond donors (Lipinski definition) is 1. The molecule has 104 valence electrons. The molecule has 0 saturated heterocycles. The second-order valence-corrected chi connectivity index (χ2v) is 3.75. The van der Waals surface area contributed by atoms with Crippen LogP contribution in [0.15, 0.2) is 18.2 Å². The summed E-state index contributed by atoms with van der Waals surface area (Å²) in [7, 11) is 0. The van der Waals surface area contributed by atoms with Gasteiger partial charge in [0.05, 0.1) is 4.92 Å². The van der Waals surface area contributed by atoms with Gasteiger partial charge in [-0.05, 0) is 19.1 Å². The number of rotatable bonds is 3. The van der Waals surface area contributed by atoms with E-state index in [-0.39, 0.29) is 11.6 Å². The van der Waals surface area contributed by atoms with E-state index >= 15 is 0 Å². The van der Waals surface area contributed by atoms with Crippen LogP contribution in [-0.2, 0) is 0 Å². The molecule has 20 heavy (non-hydrogen) atoms. The Balaban J connectivity index is 2.53. The van der Waals surface area contributed by atoms with Crippen LogP contribution in [0.4, 0.5) is 20.4 Å². The van der Waals surface area contributed by atoms with E-state index in [2.05, 4.69) is 9.97 Å². The summed E-state index contributed by atoms with van der Waals surface area (Å²) in [5.74, 6) is -3.02. The van der Waals surface area contributed by atoms with Crippen molar-refractivity contribution in [1.82, 2.24) is 9.97 Å². The zero-order valence-electron chi connectivity index (χ0n) is 10.1. The smallest absolute Gasteiger partial charge is 0.352 e. The predicted molar refractivity (Wildman–Crippen MR) is 64.3 cm³/mol. The highest BCUT2D eigenvalue weighted by Gasteiger charge is 2.24. The second kappa shape index (κ2) is 5.03. The van der Waals surface area contributed by atoms with Crippen LogP contribution in [0.2, 0.25) is 0 Å². The first kappa shape index (κ1) is 13.6. The van der Waals surface area contributed by atoms with Crippen molar-refractivity contribution in [3.8, 4) is 11.6 Å². The van der Waals surface area contributed by atoms with E-state index in [1.165, 1.54) is 6.92 Å². The zero-order chi connectivity index (χ0) is 14.9. The maximum atomic E-state index is 13.5. The lowest BCUT2D eigenvalue weighted by molar-refractivity contribution is -0.386. The summed E-state index contributed by atoms with van der Waals surface area (Å²) in [6, 6.07) is 2.46. The predicted octanol–water partition coefficient (Wildman–Crippen LogP) is 2.35. The molecule has 1 aromatic carbocycles. The molecule has 2 rings (SSSR count). The Morgan fingerprint density at radius 2 is 2.05 bits per heavy atom. The van der Waals surface area contributed by atoms with Crippen LogP contribution in [0.1, 0.15) is 5.69 Å². The van der Waals surface area contributed by atoms with Gasteiger partial charge in [-0.25, -0.2) is 13.8 Å². The lowest BCUT2D eigenvalue weighted by Crippen LogP contribution is -2.05. The van der Waals surface area contributed by atoms with E-state index in [0.29, 0.717) is 0 Å². The first-order valence-electron chi connectivity index (χ1n) is 5.30. The SMILES string of the molecule is Cc1nc(N)nc(Oc2cc(F)ccc2F)c1[N+](=O)[O-]. The van der Waals surface area contributed by atoms with E-state index in [1.54, 1.807) is 0 Å². The van der Waals surface area contributed by atoms with Crippen LogP contribution in [0, 0.1) is 28.7 Å². The first-order valence-corrected chi connectivity index (χ1v) is 5.30. The Bertz CT molecular complexity index is 694. The summed E-state index contributed by atoms with van der Waals surface area (Å²) in [4.78, 5) is 17.3. The molecule has 0 aliphatic rings. The monoisotopic (exact) mass is 282 g/mol. The van der Waals surface area contributed by atoms with Gasteiger partial charge < -0.3 is 10.5 Å². The van der Waals surface area contributed by atoms with Crippen molar-refractivity contribution in [3.63, 3.8) is 0 Å². The maximum absolute atomic E-state index is 13.5. The zero-order valence-corrected chi connectivity index (χ0v) is 10.1. The summed E-state index contributed by atoms with van der Waals surface area (Å²) in [6.45, 7) is 1.32. The molecule has 0 unspecified atom stereocenters. The van der Waals surface area contributed by atoms with E-state index in [4.69, 9.17) is 10.5 Å². The van der Waals surface area contributed by atoms with Crippen molar-refractivity contribution in [2.24, 2.45) is 0 Å². The van der Waals surface area contributed by atoms with Crippen LogP contribution >= 0.6 is 0 Å². The van der Waals surface area contributed by atoms with Crippen molar-refractivity contribution in [1.29, 1.82) is 0 Å². The number of aryl methyl sites for hydroxylation is 1. The van der Waals surface area contributed by atoms with Crippen LogP contribution in [0.5, 0.6) is 11.6 Å². The quantitative estimate of drug-likeness (QED) is 0.684. The molecule has 2 N–H and O–H groups in total. The Kier molecular flexibility index (Phi) is 3.42. The fourth-order valence-electron chi connectivity index (χ4n) is 1.50. The minimum Gasteiger partial charge on any atom is -0.430 e. The number of nitrogens with two attached hydrogens (primary N) is 1. The van der Waals surface area contributed by atoms with E-state index in [9.17, 15) is 18.9 Å². The lowest BCUT2D eigenvalue weighted by atomic mass is 10.3. The standard InChI is InChI=1S/C11H8F2N4O3/c1-5-9(17(18)19)10(16-11(14)15-5)20-8-4-6(12)2-3-7(8)13/h2-4H,1H3,(H2,14,15,16). The molecule has 0 amide bonds. The second-order valence-electron chi connectivity index (χ2n) is 3.75. The van der Waals surface area contributed by atoms with Crippen molar-refractivity contribution in [2.45, 2.75) is 6.92 Å². The Labute approximate surface area is 111 Å². The summed E-state index contributed by atoms with van der Waals surface area (Å²) in [5, 5.41) is 10.9. The largest absolute Gasteiger partial charge is 0.430 e. The third-order valence-corrected chi connectivity index (χ3v) is 2.33. The summed E-state index contributed by atoms with van der Waals surface area (Å²) >= 11 is 0. The number of hydrogen-bond acceptors (Lipinski definition) is 6. The molecular formula is C11H8F2N4O3. The van der Waals surface area contributed by atoms with Crippen LogP contribution in [0.3, 0.4) is 0 Å². The van der Waals surface area contributed by atoms with Gasteiger partial charge in [0.25, 0.3) is 0 Å². The Morgan fingerprint density at radius 3 is 2.70 bits per heavy atom. The van der Waals surface area contributed by atoms with Crippen molar-refractivity contribution in [3.05, 3.63) is 45.6 Å². The highest BCUT2D eigenvalue weighted by Crippen LogP contribution is 2.33. The maximum Gasteiger partial charge on any atom is 0.352 e. The number of nitro groups is 1. The van der Waals surface area contributed by atoms with Gasteiger partial charge in [0.2, 0.25) is 5.95 Å². The lowest BCUT2D eigenvalue weighted by Gasteiger charge is -2.08. The molecule has 0 fully saturated rings. The number of anilines is 1. The Hall–Kier alpha value is -2.84. The molecule has 0 radical (unpaired) electrons. The highest BCUT2D eigenvalue weighted by molar-refractivity contribution is 5.49. The van der Waals surface area contributed by atoms with Gasteiger partial charge in [0.1, 0.15) is 11.5 Å². The van der Waals surface area contributed by atoms with Crippen molar-refractivity contribution >= 4 is 11.6 Å². The van der Waals surface area contributed by atoms with Gasteiger partial charge in [-0.1, -0.05) is 0 Å². The normalized spacial score (nSPS) is 10.3. The molecule has 0 aliphatic heterocycles. The summed E-state index contributed by atoms with van der Waals surface area (Å²) in [5.41, 5.74) is 4.74. The minimum atomic E-state index is -0.893. The summed E-state index contributed by atoms with van der Waals surface area (Å²) in [6.07, 6.45) is 0. The number of nitrogens with zero attached hydrogens (tertiary/aromatic N) is 3. The fraction of sp³-hybridized carbons (Fsp3) is 0.0909. The fourth-order valence-corrected chi connectivity index (χ4v) is 1.50. The molecule has 0 saturated carbocycles. The number of aromatic nitrogens is 2. The molecule has 0 aliphatic carbocycles. The molecule has 0 spiro atoms. The van der Waals surface area contributed by atoms with Gasteiger partial charge >= 0.3 is 11.6 Å². The number of ether oxygens (including phenoxy) is 1. The van der Waals surface area contributed by atoms with E-state index in [0.717, 1.165) is 18.2 Å². The molecule has 1 aromatic heterocycles. The first-order chi connectivity index (χ1) is 9.38. The van der Waals surface area contributed by atoms with Gasteiger partial charge in [0.15, 0.2) is 11.6 Å². The molecule has 0 bridgehead atoms. The van der Waals surface area contributed by atoms with Gasteiger partial charge in [-0.15, -0.1) is 0 Å². The molecule has 9 heteroatoms. The topological polar surface area (TPSA) is 104 Å². The minimum absolute atomic E-state index is 0.0469. The van der Waals surface area contributed by atoms with Crippen LogP contribution in [-0.4, -0.2) is 14.9 Å². The van der Waals surface area contributed by atoms with Gasteiger partial charge in [-0.3, -0.25) is 10.1 Å². The van der Waals surface area contributed by atoms with E-state index < -0.39 is 33.9 Å². The van der Waals surface area contributed by atoms with Crippen LogP contribution < -0.4 is 10.5 Å². The summed E-state index contributed by atoms with van der Waals surface area (Å²) < 4.78 is 31.4.